The Morgan fingerprint density at radius 3 is 2.60 bits per heavy atom. The number of rotatable bonds is 2. The van der Waals surface area contributed by atoms with Gasteiger partial charge in [0.15, 0.2) is 0 Å². The molecule has 0 saturated heterocycles. The maximum absolute atomic E-state index is 6.12. The number of aromatic nitrogens is 1. The molecule has 4 heteroatoms. The van der Waals surface area contributed by atoms with E-state index < -0.39 is 0 Å². The van der Waals surface area contributed by atoms with Gasteiger partial charge < -0.3 is 10.3 Å². The number of halogens is 2. The van der Waals surface area contributed by atoms with Crippen LogP contribution in [0.1, 0.15) is 11.3 Å². The number of hydrogen-bond donors (Lipinski definition) is 1. The molecule has 102 valence electrons. The lowest BCUT2D eigenvalue weighted by Gasteiger charge is -2.11. The van der Waals surface area contributed by atoms with Gasteiger partial charge in [0.1, 0.15) is 0 Å². The van der Waals surface area contributed by atoms with Crippen molar-refractivity contribution in [1.29, 1.82) is 0 Å². The van der Waals surface area contributed by atoms with E-state index in [1.54, 1.807) is 0 Å². The van der Waals surface area contributed by atoms with E-state index in [2.05, 4.69) is 73.7 Å². The van der Waals surface area contributed by atoms with Crippen LogP contribution in [0.5, 0.6) is 0 Å². The first kappa shape index (κ1) is 13.7. The van der Waals surface area contributed by atoms with Crippen LogP contribution in [-0.4, -0.2) is 4.57 Å². The van der Waals surface area contributed by atoms with Crippen molar-refractivity contribution < 1.29 is 0 Å². The van der Waals surface area contributed by atoms with Gasteiger partial charge in [0.05, 0.1) is 0 Å². The van der Waals surface area contributed by atoms with Crippen LogP contribution in [0.3, 0.4) is 0 Å². The highest BCUT2D eigenvalue weighted by Crippen LogP contribution is 2.31. The summed E-state index contributed by atoms with van der Waals surface area (Å²) < 4.78 is 4.46. The fourth-order valence-corrected chi connectivity index (χ4v) is 3.40. The molecule has 0 aliphatic heterocycles. The second kappa shape index (κ2) is 5.26. The fraction of sp³-hybridized carbons (Fsp3) is 0.125. The molecule has 2 aromatic carbocycles. The lowest BCUT2D eigenvalue weighted by Crippen LogP contribution is -2.04. The average molecular weight is 394 g/mol. The molecule has 0 aliphatic carbocycles. The summed E-state index contributed by atoms with van der Waals surface area (Å²) in [4.78, 5) is 0. The van der Waals surface area contributed by atoms with Crippen LogP contribution in [0, 0.1) is 6.92 Å². The Balaban J connectivity index is 2.13. The number of para-hydroxylation sites is 1. The first-order valence-electron chi connectivity index (χ1n) is 6.35. The van der Waals surface area contributed by atoms with Gasteiger partial charge >= 0.3 is 0 Å². The molecule has 0 aliphatic rings. The molecule has 0 radical (unpaired) electrons. The van der Waals surface area contributed by atoms with E-state index in [1.807, 2.05) is 12.1 Å². The zero-order chi connectivity index (χ0) is 14.3. The second-order valence-corrected chi connectivity index (χ2v) is 6.55. The summed E-state index contributed by atoms with van der Waals surface area (Å²) in [5.41, 5.74) is 10.5. The van der Waals surface area contributed by atoms with Crippen molar-refractivity contribution >= 4 is 48.5 Å². The Hall–Kier alpha value is -1.26. The molecular formula is C16H14Br2N2. The summed E-state index contributed by atoms with van der Waals surface area (Å²) in [6.45, 7) is 2.90. The third-order valence-electron chi connectivity index (χ3n) is 3.59. The lowest BCUT2D eigenvalue weighted by atomic mass is 10.2. The van der Waals surface area contributed by atoms with Crippen molar-refractivity contribution in [3.8, 4) is 0 Å². The number of fused-ring (bicyclic) bond motifs is 1. The quantitative estimate of drug-likeness (QED) is 0.603. The van der Waals surface area contributed by atoms with E-state index in [-0.39, 0.29) is 0 Å². The van der Waals surface area contributed by atoms with Crippen molar-refractivity contribution in [2.45, 2.75) is 13.5 Å². The van der Waals surface area contributed by atoms with Gasteiger partial charge in [0.25, 0.3) is 0 Å². The van der Waals surface area contributed by atoms with Crippen molar-refractivity contribution in [1.82, 2.24) is 4.57 Å². The van der Waals surface area contributed by atoms with E-state index in [0.29, 0.717) is 0 Å². The lowest BCUT2D eigenvalue weighted by molar-refractivity contribution is 0.804. The maximum Gasteiger partial charge on any atom is 0.0499 e. The monoisotopic (exact) mass is 392 g/mol. The van der Waals surface area contributed by atoms with Gasteiger partial charge in [0.2, 0.25) is 0 Å². The van der Waals surface area contributed by atoms with Crippen molar-refractivity contribution in [2.24, 2.45) is 0 Å². The molecular weight excluding hydrogens is 380 g/mol. The average Bonchev–Trinajstić information content (AvgIpc) is 2.67. The normalized spacial score (nSPS) is 11.2. The standard InChI is InChI=1S/C16H14Br2N2/c1-10-16(18)13-4-2-3-5-15(13)20(10)9-11-6-7-12(17)8-14(11)19/h2-8H,9,19H2,1H3. The zero-order valence-electron chi connectivity index (χ0n) is 11.0. The number of hydrogen-bond acceptors (Lipinski definition) is 1. The van der Waals surface area contributed by atoms with E-state index >= 15 is 0 Å². The van der Waals surface area contributed by atoms with Crippen LogP contribution in [0.25, 0.3) is 10.9 Å². The molecule has 0 fully saturated rings. The number of nitrogen functional groups attached to an aromatic ring is 1. The Labute approximate surface area is 134 Å². The van der Waals surface area contributed by atoms with Gasteiger partial charge in [-0.05, 0) is 46.6 Å². The molecule has 0 bridgehead atoms. The highest BCUT2D eigenvalue weighted by Gasteiger charge is 2.12. The predicted molar refractivity (Wildman–Crippen MR) is 92.0 cm³/mol. The Kier molecular flexibility index (Phi) is 3.61. The minimum absolute atomic E-state index is 0.775. The van der Waals surface area contributed by atoms with Gasteiger partial charge in [-0.2, -0.15) is 0 Å². The summed E-state index contributed by atoms with van der Waals surface area (Å²) in [5, 5.41) is 1.24. The summed E-state index contributed by atoms with van der Waals surface area (Å²) in [7, 11) is 0. The number of nitrogens with zero attached hydrogens (tertiary/aromatic N) is 1. The topological polar surface area (TPSA) is 30.9 Å². The van der Waals surface area contributed by atoms with Crippen LogP contribution in [0.2, 0.25) is 0 Å². The third-order valence-corrected chi connectivity index (χ3v) is 5.08. The largest absolute Gasteiger partial charge is 0.398 e. The predicted octanol–water partition coefficient (Wildman–Crippen LogP) is 5.11. The summed E-state index contributed by atoms with van der Waals surface area (Å²) in [5.74, 6) is 0. The molecule has 0 unspecified atom stereocenters. The molecule has 2 N–H and O–H groups in total. The summed E-state index contributed by atoms with van der Waals surface area (Å²) >= 11 is 7.13. The Morgan fingerprint density at radius 2 is 1.85 bits per heavy atom. The van der Waals surface area contributed by atoms with Crippen LogP contribution >= 0.6 is 31.9 Å². The highest BCUT2D eigenvalue weighted by molar-refractivity contribution is 9.11. The van der Waals surface area contributed by atoms with E-state index in [0.717, 1.165) is 26.7 Å². The molecule has 1 heterocycles. The fourth-order valence-electron chi connectivity index (χ4n) is 2.47. The van der Waals surface area contributed by atoms with Gasteiger partial charge in [-0.15, -0.1) is 0 Å². The van der Waals surface area contributed by atoms with Crippen molar-refractivity contribution in [3.63, 3.8) is 0 Å². The molecule has 0 saturated carbocycles. The molecule has 1 aromatic heterocycles. The van der Waals surface area contributed by atoms with Crippen LogP contribution in [0.4, 0.5) is 5.69 Å². The summed E-state index contributed by atoms with van der Waals surface area (Å²) in [6, 6.07) is 14.4. The maximum atomic E-state index is 6.12. The number of anilines is 1. The number of nitrogens with two attached hydrogens (primary N) is 1. The van der Waals surface area contributed by atoms with Crippen LogP contribution in [-0.2, 0) is 6.54 Å². The second-order valence-electron chi connectivity index (χ2n) is 4.85. The van der Waals surface area contributed by atoms with Crippen molar-refractivity contribution in [3.05, 3.63) is 62.7 Å². The first-order valence-corrected chi connectivity index (χ1v) is 7.94. The van der Waals surface area contributed by atoms with E-state index in [4.69, 9.17) is 5.73 Å². The smallest absolute Gasteiger partial charge is 0.0499 e. The minimum atomic E-state index is 0.775. The number of benzene rings is 2. The van der Waals surface area contributed by atoms with Gasteiger partial charge in [-0.1, -0.05) is 40.2 Å². The summed E-state index contributed by atoms with van der Waals surface area (Å²) in [6.07, 6.45) is 0. The molecule has 3 rings (SSSR count). The third kappa shape index (κ3) is 2.27. The van der Waals surface area contributed by atoms with Crippen LogP contribution < -0.4 is 5.73 Å². The minimum Gasteiger partial charge on any atom is -0.398 e. The molecule has 2 nitrogen and oxygen atoms in total. The first-order chi connectivity index (χ1) is 9.58. The molecule has 0 atom stereocenters. The Bertz CT molecular complexity index is 791. The molecule has 0 spiro atoms. The SMILES string of the molecule is Cc1c(Br)c2ccccc2n1Cc1ccc(Br)cc1N. The molecule has 0 amide bonds. The van der Waals surface area contributed by atoms with Gasteiger partial charge in [-0.25, -0.2) is 0 Å². The molecule has 3 aromatic rings. The van der Waals surface area contributed by atoms with E-state index in [1.165, 1.54) is 16.6 Å². The van der Waals surface area contributed by atoms with Gasteiger partial charge in [0, 0.05) is 37.8 Å². The highest BCUT2D eigenvalue weighted by atomic mass is 79.9. The van der Waals surface area contributed by atoms with Crippen LogP contribution in [0.15, 0.2) is 51.4 Å². The zero-order valence-corrected chi connectivity index (χ0v) is 14.2. The van der Waals surface area contributed by atoms with Crippen molar-refractivity contribution in [2.75, 3.05) is 5.73 Å². The Morgan fingerprint density at radius 1 is 1.10 bits per heavy atom. The van der Waals surface area contributed by atoms with Gasteiger partial charge in [-0.3, -0.25) is 0 Å². The van der Waals surface area contributed by atoms with E-state index in [9.17, 15) is 0 Å². The molecule has 20 heavy (non-hydrogen) atoms.